The van der Waals surface area contributed by atoms with Crippen molar-refractivity contribution < 1.29 is 13.6 Å². The Hall–Kier alpha value is -1.83. The number of aromatic nitrogens is 3. The summed E-state index contributed by atoms with van der Waals surface area (Å²) in [6, 6.07) is 1.33. The summed E-state index contributed by atoms with van der Waals surface area (Å²) in [5, 5.41) is 8.58. The second-order valence-electron chi connectivity index (χ2n) is 4.97. The zero-order valence-electron chi connectivity index (χ0n) is 11.3. The smallest absolute Gasteiger partial charge is 0.273 e. The number of nitrogens with zero attached hydrogens (tertiary/aromatic N) is 3. The zero-order chi connectivity index (χ0) is 15.0. The van der Waals surface area contributed by atoms with Crippen LogP contribution < -0.4 is 5.32 Å². The molecule has 2 aromatic rings. The number of amides is 1. The lowest BCUT2D eigenvalue weighted by Gasteiger charge is -2.23. The van der Waals surface area contributed by atoms with Crippen LogP contribution in [0.2, 0.25) is 0 Å². The Labute approximate surface area is 124 Å². The molecule has 1 N–H and O–H groups in total. The van der Waals surface area contributed by atoms with E-state index in [0.29, 0.717) is 12.4 Å². The second-order valence-corrected chi connectivity index (χ2v) is 5.91. The molecule has 0 bridgehead atoms. The number of alkyl halides is 2. The molecule has 1 amide bonds. The molecule has 0 spiro atoms. The molecule has 0 fully saturated rings. The molecule has 1 aliphatic heterocycles. The summed E-state index contributed by atoms with van der Waals surface area (Å²) < 4.78 is 27.4. The summed E-state index contributed by atoms with van der Waals surface area (Å²) in [7, 11) is 0. The third-order valence-corrected chi connectivity index (χ3v) is 4.36. The molecular weight excluding hydrogens is 298 g/mol. The van der Waals surface area contributed by atoms with Gasteiger partial charge in [0, 0.05) is 12.5 Å². The maximum absolute atomic E-state index is 12.8. The number of halogens is 2. The number of rotatable bonds is 3. The number of hydrogen-bond acceptors (Lipinski definition) is 4. The van der Waals surface area contributed by atoms with Gasteiger partial charge in [0.25, 0.3) is 12.3 Å². The average molecular weight is 312 g/mol. The third-order valence-electron chi connectivity index (χ3n) is 3.44. The first-order chi connectivity index (χ1) is 10.0. The van der Waals surface area contributed by atoms with Gasteiger partial charge in [-0.25, -0.2) is 18.4 Å². The Morgan fingerprint density at radius 3 is 3.14 bits per heavy atom. The molecule has 1 aliphatic rings. The Morgan fingerprint density at radius 2 is 2.38 bits per heavy atom. The number of nitrogens with one attached hydrogen (secondary N) is 1. The summed E-state index contributed by atoms with van der Waals surface area (Å²) in [4.78, 5) is 16.2. The summed E-state index contributed by atoms with van der Waals surface area (Å²) >= 11 is 0.902. The monoisotopic (exact) mass is 312 g/mol. The van der Waals surface area contributed by atoms with Crippen LogP contribution in [0.4, 0.5) is 8.78 Å². The molecule has 1 unspecified atom stereocenters. The largest absolute Gasteiger partial charge is 0.347 e. The van der Waals surface area contributed by atoms with E-state index in [0.717, 1.165) is 30.0 Å². The number of fused-ring (bicyclic) bond motifs is 1. The van der Waals surface area contributed by atoms with Crippen LogP contribution in [0.15, 0.2) is 11.4 Å². The van der Waals surface area contributed by atoms with Crippen LogP contribution in [0.1, 0.15) is 39.7 Å². The molecule has 0 aliphatic carbocycles. The maximum atomic E-state index is 12.8. The fourth-order valence-corrected chi connectivity index (χ4v) is 3.23. The van der Waals surface area contributed by atoms with Crippen molar-refractivity contribution in [2.75, 3.05) is 0 Å². The lowest BCUT2D eigenvalue weighted by molar-refractivity contribution is 0.0915. The molecule has 0 saturated heterocycles. The first kappa shape index (κ1) is 14.1. The molecule has 3 rings (SSSR count). The fourth-order valence-electron chi connectivity index (χ4n) is 2.49. The summed E-state index contributed by atoms with van der Waals surface area (Å²) in [6.07, 6.45) is -1.17. The topological polar surface area (TPSA) is 59.8 Å². The molecule has 0 aromatic carbocycles. The molecule has 112 valence electrons. The number of carbonyl (C=O) groups excluding carboxylic acids is 1. The van der Waals surface area contributed by atoms with Crippen LogP contribution >= 0.6 is 11.3 Å². The first-order valence-corrected chi connectivity index (χ1v) is 7.49. The lowest BCUT2D eigenvalue weighted by Crippen LogP contribution is -2.41. The van der Waals surface area contributed by atoms with E-state index in [1.54, 1.807) is 4.68 Å². The van der Waals surface area contributed by atoms with E-state index in [1.165, 1.54) is 11.4 Å². The Bertz CT molecular complexity index is 667. The Morgan fingerprint density at radius 1 is 1.57 bits per heavy atom. The minimum atomic E-state index is -2.62. The molecular formula is C13H14F2N4OS. The molecule has 0 radical (unpaired) electrons. The van der Waals surface area contributed by atoms with E-state index in [9.17, 15) is 13.6 Å². The predicted molar refractivity (Wildman–Crippen MR) is 73.6 cm³/mol. The molecule has 3 heterocycles. The van der Waals surface area contributed by atoms with Crippen LogP contribution in [0.25, 0.3) is 0 Å². The molecule has 0 saturated carbocycles. The summed E-state index contributed by atoms with van der Waals surface area (Å²) in [6.45, 7) is 2.34. The van der Waals surface area contributed by atoms with E-state index in [2.05, 4.69) is 15.4 Å². The lowest BCUT2D eigenvalue weighted by atomic mass is 10.1. The van der Waals surface area contributed by atoms with Crippen molar-refractivity contribution in [1.82, 2.24) is 20.1 Å². The van der Waals surface area contributed by atoms with Gasteiger partial charge in [0.15, 0.2) is 0 Å². The summed E-state index contributed by atoms with van der Waals surface area (Å²) in [5.41, 5.74) is 0.0653. The van der Waals surface area contributed by atoms with Gasteiger partial charge in [0.1, 0.15) is 11.6 Å². The van der Waals surface area contributed by atoms with Crippen molar-refractivity contribution in [2.24, 2.45) is 0 Å². The van der Waals surface area contributed by atoms with Crippen molar-refractivity contribution in [1.29, 1.82) is 0 Å². The van der Waals surface area contributed by atoms with Crippen LogP contribution in [-0.2, 0) is 13.0 Å². The third kappa shape index (κ3) is 2.80. The van der Waals surface area contributed by atoms with Gasteiger partial charge in [-0.1, -0.05) is 0 Å². The number of carbonyl (C=O) groups is 1. The minimum absolute atomic E-state index is 0.0653. The van der Waals surface area contributed by atoms with Gasteiger partial charge in [-0.2, -0.15) is 5.10 Å². The van der Waals surface area contributed by atoms with Gasteiger partial charge in [-0.05, 0) is 24.8 Å². The van der Waals surface area contributed by atoms with Gasteiger partial charge in [0.05, 0.1) is 17.0 Å². The van der Waals surface area contributed by atoms with Crippen molar-refractivity contribution in [3.63, 3.8) is 0 Å². The van der Waals surface area contributed by atoms with Crippen LogP contribution in [0.3, 0.4) is 0 Å². The van der Waals surface area contributed by atoms with E-state index in [1.807, 2.05) is 6.92 Å². The normalized spacial score (nSPS) is 17.8. The van der Waals surface area contributed by atoms with Gasteiger partial charge < -0.3 is 5.32 Å². The molecule has 1 atom stereocenters. The maximum Gasteiger partial charge on any atom is 0.273 e. The average Bonchev–Trinajstić information content (AvgIpc) is 3.03. The Balaban J connectivity index is 1.70. The highest BCUT2D eigenvalue weighted by Gasteiger charge is 2.25. The van der Waals surface area contributed by atoms with Gasteiger partial charge >= 0.3 is 0 Å². The summed E-state index contributed by atoms with van der Waals surface area (Å²) in [5.74, 6) is 1.16. The van der Waals surface area contributed by atoms with Gasteiger partial charge in [0.2, 0.25) is 0 Å². The van der Waals surface area contributed by atoms with Gasteiger partial charge in [-0.3, -0.25) is 4.79 Å². The quantitative estimate of drug-likeness (QED) is 0.946. The van der Waals surface area contributed by atoms with Gasteiger partial charge in [-0.15, -0.1) is 11.3 Å². The highest BCUT2D eigenvalue weighted by molar-refractivity contribution is 7.10. The van der Waals surface area contributed by atoms with Crippen molar-refractivity contribution >= 4 is 17.2 Å². The van der Waals surface area contributed by atoms with E-state index >= 15 is 0 Å². The standard InChI is InChI=1S/C13H14F2N4OS/c1-7-16-10-3-2-8(6-19(10)18-7)17-13(20)9-4-5-21-11(9)12(14)15/h4-5,8,12H,2-3,6H2,1H3,(H,17,20). The number of thiophene rings is 1. The number of aryl methyl sites for hydroxylation is 2. The van der Waals surface area contributed by atoms with E-state index in [-0.39, 0.29) is 16.5 Å². The zero-order valence-corrected chi connectivity index (χ0v) is 12.2. The van der Waals surface area contributed by atoms with Crippen molar-refractivity contribution in [3.05, 3.63) is 33.5 Å². The second kappa shape index (κ2) is 5.51. The minimum Gasteiger partial charge on any atom is -0.347 e. The van der Waals surface area contributed by atoms with Crippen molar-refractivity contribution in [2.45, 2.75) is 38.8 Å². The molecule has 21 heavy (non-hydrogen) atoms. The van der Waals surface area contributed by atoms with E-state index in [4.69, 9.17) is 0 Å². The Kier molecular flexibility index (Phi) is 3.71. The SMILES string of the molecule is Cc1nc2n(n1)CC(NC(=O)c1ccsc1C(F)F)CC2. The molecule has 8 heteroatoms. The number of hydrogen-bond donors (Lipinski definition) is 1. The van der Waals surface area contributed by atoms with Crippen LogP contribution in [0.5, 0.6) is 0 Å². The highest BCUT2D eigenvalue weighted by atomic mass is 32.1. The molecule has 5 nitrogen and oxygen atoms in total. The highest BCUT2D eigenvalue weighted by Crippen LogP contribution is 2.28. The predicted octanol–water partition coefficient (Wildman–Crippen LogP) is 2.33. The first-order valence-electron chi connectivity index (χ1n) is 6.61. The van der Waals surface area contributed by atoms with E-state index < -0.39 is 12.3 Å². The molecule has 2 aromatic heterocycles. The van der Waals surface area contributed by atoms with Crippen LogP contribution in [-0.4, -0.2) is 26.7 Å². The fraction of sp³-hybridized carbons (Fsp3) is 0.462. The van der Waals surface area contributed by atoms with Crippen LogP contribution in [0, 0.1) is 6.92 Å². The van der Waals surface area contributed by atoms with Crippen molar-refractivity contribution in [3.8, 4) is 0 Å².